The summed E-state index contributed by atoms with van der Waals surface area (Å²) in [6.45, 7) is 0. The lowest BCUT2D eigenvalue weighted by molar-refractivity contribution is -0.143. The predicted molar refractivity (Wildman–Crippen MR) is 66.9 cm³/mol. The fraction of sp³-hybridized carbons (Fsp3) is 0.200. The van der Waals surface area contributed by atoms with Gasteiger partial charge in [-0.2, -0.15) is 39.5 Å². The Morgan fingerprint density at radius 1 is 0.417 bits per heavy atom. The average molecular weight is 358 g/mol. The summed E-state index contributed by atoms with van der Waals surface area (Å²) in [5, 5.41) is 0. The molecule has 0 aromatic heterocycles. The van der Waals surface area contributed by atoms with Gasteiger partial charge in [-0.1, -0.05) is 12.1 Å². The Balaban J connectivity index is 2.57. The van der Waals surface area contributed by atoms with Crippen molar-refractivity contribution < 1.29 is 39.5 Å². The molecule has 24 heavy (non-hydrogen) atoms. The first kappa shape index (κ1) is 18.2. The van der Waals surface area contributed by atoms with E-state index < -0.39 is 40.8 Å². The molecular weight excluding hydrogens is 351 g/mol. The van der Waals surface area contributed by atoms with Gasteiger partial charge in [0.15, 0.2) is 0 Å². The quantitative estimate of drug-likeness (QED) is 0.517. The fourth-order valence-corrected chi connectivity index (χ4v) is 1.97. The van der Waals surface area contributed by atoms with Crippen LogP contribution in [0.25, 0.3) is 11.1 Å². The molecule has 0 fully saturated rings. The maximum absolute atomic E-state index is 12.8. The number of alkyl halides is 9. The highest BCUT2D eigenvalue weighted by atomic mass is 19.4. The minimum absolute atomic E-state index is 0.0480. The van der Waals surface area contributed by atoms with Gasteiger partial charge in [0, 0.05) is 0 Å². The number of rotatable bonds is 1. The lowest BCUT2D eigenvalue weighted by Crippen LogP contribution is -2.11. The summed E-state index contributed by atoms with van der Waals surface area (Å²) in [4.78, 5) is 0. The van der Waals surface area contributed by atoms with E-state index in [1.165, 1.54) is 0 Å². The summed E-state index contributed by atoms with van der Waals surface area (Å²) >= 11 is 0. The second kappa shape index (κ2) is 5.71. The Bertz CT molecular complexity index is 686. The van der Waals surface area contributed by atoms with E-state index >= 15 is 0 Å². The van der Waals surface area contributed by atoms with Crippen molar-refractivity contribution in [1.82, 2.24) is 0 Å². The molecule has 0 saturated carbocycles. The summed E-state index contributed by atoms with van der Waals surface area (Å²) in [7, 11) is 0. The molecule has 0 unspecified atom stereocenters. The topological polar surface area (TPSA) is 0 Å². The van der Waals surface area contributed by atoms with Gasteiger partial charge in [0.25, 0.3) is 0 Å². The molecule has 0 N–H and O–H groups in total. The molecule has 0 aliphatic carbocycles. The van der Waals surface area contributed by atoms with E-state index in [0.717, 1.165) is 12.1 Å². The third kappa shape index (κ3) is 4.01. The molecule has 2 aromatic carbocycles. The summed E-state index contributed by atoms with van der Waals surface area (Å²) in [6, 6.07) is 3.67. The van der Waals surface area contributed by atoms with Crippen LogP contribution >= 0.6 is 0 Å². The van der Waals surface area contributed by atoms with E-state index in [1.54, 1.807) is 0 Å². The first-order valence-electron chi connectivity index (χ1n) is 6.25. The highest BCUT2D eigenvalue weighted by molar-refractivity contribution is 5.66. The van der Waals surface area contributed by atoms with E-state index in [2.05, 4.69) is 0 Å². The van der Waals surface area contributed by atoms with Crippen LogP contribution in [0.15, 0.2) is 42.5 Å². The van der Waals surface area contributed by atoms with Crippen molar-refractivity contribution in [3.05, 3.63) is 59.2 Å². The van der Waals surface area contributed by atoms with Gasteiger partial charge in [0.2, 0.25) is 0 Å². The molecule has 2 aromatic rings. The minimum atomic E-state index is -5.03. The Morgan fingerprint density at radius 2 is 0.792 bits per heavy atom. The van der Waals surface area contributed by atoms with Gasteiger partial charge in [-0.25, -0.2) is 0 Å². The maximum atomic E-state index is 12.8. The Kier molecular flexibility index (Phi) is 4.32. The van der Waals surface area contributed by atoms with Crippen LogP contribution in [0, 0.1) is 0 Å². The summed E-state index contributed by atoms with van der Waals surface area (Å²) in [5.41, 5.74) is -4.81. The SMILES string of the molecule is FC(F)(F)c1ccc(-c2cc(C(F)(F)F)cc(C(F)(F)F)c2)cc1. The second-order valence-electron chi connectivity index (χ2n) is 4.87. The molecule has 0 nitrogen and oxygen atoms in total. The van der Waals surface area contributed by atoms with Crippen molar-refractivity contribution in [3.63, 3.8) is 0 Å². The molecule has 130 valence electrons. The van der Waals surface area contributed by atoms with Crippen LogP contribution in [0.4, 0.5) is 39.5 Å². The smallest absolute Gasteiger partial charge is 0.166 e. The van der Waals surface area contributed by atoms with E-state index in [-0.39, 0.29) is 11.6 Å². The molecule has 0 spiro atoms. The summed E-state index contributed by atoms with van der Waals surface area (Å²) in [6.07, 6.45) is -14.7. The highest BCUT2D eigenvalue weighted by Gasteiger charge is 2.37. The first-order chi connectivity index (χ1) is 10.8. The van der Waals surface area contributed by atoms with Gasteiger partial charge < -0.3 is 0 Å². The van der Waals surface area contributed by atoms with Crippen LogP contribution in [-0.4, -0.2) is 0 Å². The number of halogens is 9. The molecule has 0 atom stereocenters. The van der Waals surface area contributed by atoms with Gasteiger partial charge in [-0.3, -0.25) is 0 Å². The molecule has 0 aliphatic rings. The van der Waals surface area contributed by atoms with Gasteiger partial charge in [-0.05, 0) is 41.5 Å². The second-order valence-corrected chi connectivity index (χ2v) is 4.87. The van der Waals surface area contributed by atoms with E-state index in [1.807, 2.05) is 0 Å². The lowest BCUT2D eigenvalue weighted by Gasteiger charge is -2.15. The lowest BCUT2D eigenvalue weighted by atomic mass is 9.98. The van der Waals surface area contributed by atoms with Crippen molar-refractivity contribution in [2.24, 2.45) is 0 Å². The Labute approximate surface area is 129 Å². The first-order valence-corrected chi connectivity index (χ1v) is 6.25. The van der Waals surface area contributed by atoms with Gasteiger partial charge in [0.05, 0.1) is 16.7 Å². The zero-order valence-corrected chi connectivity index (χ0v) is 11.4. The third-order valence-corrected chi connectivity index (χ3v) is 3.13. The van der Waals surface area contributed by atoms with Gasteiger partial charge in [-0.15, -0.1) is 0 Å². The molecule has 2 rings (SSSR count). The van der Waals surface area contributed by atoms with E-state index in [0.29, 0.717) is 24.3 Å². The van der Waals surface area contributed by atoms with Crippen LogP contribution < -0.4 is 0 Å². The molecule has 0 radical (unpaired) electrons. The van der Waals surface area contributed by atoms with Crippen molar-refractivity contribution >= 4 is 0 Å². The molecule has 0 amide bonds. The number of hydrogen-bond donors (Lipinski definition) is 0. The molecule has 0 heterocycles. The van der Waals surface area contributed by atoms with Crippen molar-refractivity contribution in [3.8, 4) is 11.1 Å². The Hall–Kier alpha value is -2.19. The van der Waals surface area contributed by atoms with Crippen LogP contribution in [0.3, 0.4) is 0 Å². The molecule has 0 aliphatic heterocycles. The monoisotopic (exact) mass is 358 g/mol. The van der Waals surface area contributed by atoms with Gasteiger partial charge in [0.1, 0.15) is 0 Å². The minimum Gasteiger partial charge on any atom is -0.166 e. The maximum Gasteiger partial charge on any atom is 0.416 e. The largest absolute Gasteiger partial charge is 0.416 e. The molecule has 9 heteroatoms. The van der Waals surface area contributed by atoms with Crippen molar-refractivity contribution in [1.29, 1.82) is 0 Å². The van der Waals surface area contributed by atoms with Crippen molar-refractivity contribution in [2.45, 2.75) is 18.5 Å². The molecule has 0 bridgehead atoms. The van der Waals surface area contributed by atoms with Gasteiger partial charge >= 0.3 is 18.5 Å². The Morgan fingerprint density at radius 3 is 1.12 bits per heavy atom. The summed E-state index contributed by atoms with van der Waals surface area (Å²) in [5.74, 6) is 0. The van der Waals surface area contributed by atoms with Crippen LogP contribution in [0.5, 0.6) is 0 Å². The standard InChI is InChI=1S/C15H7F9/c16-13(17,18)10-3-1-8(2-4-10)9-5-11(14(19,20)21)7-12(6-9)15(22,23)24/h1-7H. The van der Waals surface area contributed by atoms with Crippen LogP contribution in [0.1, 0.15) is 16.7 Å². The highest BCUT2D eigenvalue weighted by Crippen LogP contribution is 2.39. The van der Waals surface area contributed by atoms with Crippen LogP contribution in [-0.2, 0) is 18.5 Å². The zero-order valence-electron chi connectivity index (χ0n) is 11.4. The van der Waals surface area contributed by atoms with E-state index in [9.17, 15) is 39.5 Å². The summed E-state index contributed by atoms with van der Waals surface area (Å²) < 4.78 is 114. The predicted octanol–water partition coefficient (Wildman–Crippen LogP) is 6.41. The van der Waals surface area contributed by atoms with E-state index in [4.69, 9.17) is 0 Å². The fourth-order valence-electron chi connectivity index (χ4n) is 1.97. The normalized spacial score (nSPS) is 13.2. The van der Waals surface area contributed by atoms with Crippen molar-refractivity contribution in [2.75, 3.05) is 0 Å². The number of hydrogen-bond acceptors (Lipinski definition) is 0. The number of benzene rings is 2. The average Bonchev–Trinajstić information content (AvgIpc) is 2.44. The third-order valence-electron chi connectivity index (χ3n) is 3.13. The zero-order chi connectivity index (χ0) is 18.3. The molecular formula is C15H7F9. The molecule has 0 saturated heterocycles. The van der Waals surface area contributed by atoms with Crippen LogP contribution in [0.2, 0.25) is 0 Å².